The number of nitriles is 2. The van der Waals surface area contributed by atoms with Crippen molar-refractivity contribution in [2.24, 2.45) is 0 Å². The molecule has 0 saturated heterocycles. The lowest BCUT2D eigenvalue weighted by atomic mass is 10.1. The average Bonchev–Trinajstić information content (AvgIpc) is 2.62. The Kier molecular flexibility index (Phi) is 1.44. The van der Waals surface area contributed by atoms with E-state index in [2.05, 4.69) is 15.4 Å². The predicted octanol–water partition coefficient (Wildman–Crippen LogP) is 0.701. The quantitative estimate of drug-likeness (QED) is 0.628. The molecule has 1 heterocycles. The van der Waals surface area contributed by atoms with E-state index >= 15 is 0 Å². The molecule has 0 spiro atoms. The van der Waals surface area contributed by atoms with Crippen LogP contribution in [0.4, 0.5) is 0 Å². The van der Waals surface area contributed by atoms with Gasteiger partial charge in [0.15, 0.2) is 0 Å². The van der Waals surface area contributed by atoms with Crippen LogP contribution in [0.1, 0.15) is 11.1 Å². The van der Waals surface area contributed by atoms with Gasteiger partial charge in [0.2, 0.25) is 0 Å². The van der Waals surface area contributed by atoms with Crippen LogP contribution in [0.25, 0.3) is 11.0 Å². The molecule has 0 aliphatic heterocycles. The second kappa shape index (κ2) is 2.58. The first-order valence-corrected chi connectivity index (χ1v) is 3.50. The third-order valence-electron chi connectivity index (χ3n) is 1.70. The van der Waals surface area contributed by atoms with Crippen LogP contribution in [0.15, 0.2) is 12.1 Å². The average molecular weight is 169 g/mol. The van der Waals surface area contributed by atoms with Crippen molar-refractivity contribution in [3.63, 3.8) is 0 Å². The predicted molar refractivity (Wildman–Crippen MR) is 43.3 cm³/mol. The molecule has 0 saturated carbocycles. The first-order chi connectivity index (χ1) is 6.35. The number of benzene rings is 1. The molecular formula is C8H3N5. The van der Waals surface area contributed by atoms with Crippen LogP contribution in [0.5, 0.6) is 0 Å². The van der Waals surface area contributed by atoms with E-state index in [1.807, 2.05) is 12.1 Å². The fourth-order valence-corrected chi connectivity index (χ4v) is 1.07. The molecule has 0 fully saturated rings. The highest BCUT2D eigenvalue weighted by Gasteiger charge is 2.05. The van der Waals surface area contributed by atoms with Crippen molar-refractivity contribution in [2.75, 3.05) is 0 Å². The largest absolute Gasteiger partial charge is 0.197 e. The van der Waals surface area contributed by atoms with Crippen LogP contribution < -0.4 is 0 Å². The Bertz CT molecular complexity index is 492. The maximum Gasteiger partial charge on any atom is 0.114 e. The van der Waals surface area contributed by atoms with Crippen LogP contribution in [0.2, 0.25) is 0 Å². The van der Waals surface area contributed by atoms with Crippen molar-refractivity contribution >= 4 is 11.0 Å². The van der Waals surface area contributed by atoms with E-state index in [1.165, 1.54) is 12.1 Å². The zero-order chi connectivity index (χ0) is 9.26. The lowest BCUT2D eigenvalue weighted by Crippen LogP contribution is -1.83. The van der Waals surface area contributed by atoms with E-state index in [0.717, 1.165) is 0 Å². The number of rotatable bonds is 0. The molecule has 1 aromatic carbocycles. The fourth-order valence-electron chi connectivity index (χ4n) is 1.07. The molecule has 0 radical (unpaired) electrons. The maximum absolute atomic E-state index is 8.69. The van der Waals surface area contributed by atoms with Gasteiger partial charge in [-0.2, -0.15) is 25.9 Å². The molecule has 0 unspecified atom stereocenters. The number of aromatic nitrogens is 3. The normalized spacial score (nSPS) is 9.38. The van der Waals surface area contributed by atoms with Gasteiger partial charge in [0.1, 0.15) is 23.2 Å². The highest BCUT2D eigenvalue weighted by atomic mass is 15.3. The van der Waals surface area contributed by atoms with Crippen molar-refractivity contribution in [1.82, 2.24) is 15.4 Å². The molecule has 1 aromatic heterocycles. The molecule has 5 heteroatoms. The Morgan fingerprint density at radius 2 is 1.46 bits per heavy atom. The summed E-state index contributed by atoms with van der Waals surface area (Å²) in [6.45, 7) is 0. The molecule has 0 bridgehead atoms. The fraction of sp³-hybridized carbons (Fsp3) is 0. The highest BCUT2D eigenvalue weighted by Crippen LogP contribution is 2.14. The smallest absolute Gasteiger partial charge is 0.114 e. The lowest BCUT2D eigenvalue weighted by molar-refractivity contribution is 0.959. The Morgan fingerprint density at radius 3 is 1.85 bits per heavy atom. The van der Waals surface area contributed by atoms with Crippen LogP contribution in [0, 0.1) is 22.7 Å². The van der Waals surface area contributed by atoms with Crippen LogP contribution >= 0.6 is 0 Å². The van der Waals surface area contributed by atoms with Crippen LogP contribution in [-0.4, -0.2) is 15.4 Å². The molecule has 1 N–H and O–H groups in total. The second-order valence-corrected chi connectivity index (χ2v) is 2.43. The molecule has 13 heavy (non-hydrogen) atoms. The van der Waals surface area contributed by atoms with Gasteiger partial charge in [0, 0.05) is 0 Å². The summed E-state index contributed by atoms with van der Waals surface area (Å²) in [5, 5.41) is 27.4. The zero-order valence-electron chi connectivity index (χ0n) is 6.44. The molecular weight excluding hydrogens is 166 g/mol. The summed E-state index contributed by atoms with van der Waals surface area (Å²) in [6, 6.07) is 6.93. The Balaban J connectivity index is 2.85. The topological polar surface area (TPSA) is 89.2 Å². The van der Waals surface area contributed by atoms with E-state index in [9.17, 15) is 0 Å². The summed E-state index contributed by atoms with van der Waals surface area (Å²) in [5.74, 6) is 0. The van der Waals surface area contributed by atoms with Crippen LogP contribution in [-0.2, 0) is 0 Å². The van der Waals surface area contributed by atoms with Crippen molar-refractivity contribution in [3.8, 4) is 12.1 Å². The Morgan fingerprint density at radius 1 is 1.00 bits per heavy atom. The monoisotopic (exact) mass is 169 g/mol. The van der Waals surface area contributed by atoms with E-state index in [1.54, 1.807) is 0 Å². The van der Waals surface area contributed by atoms with Gasteiger partial charge in [-0.3, -0.25) is 0 Å². The summed E-state index contributed by atoms with van der Waals surface area (Å²) in [4.78, 5) is 0. The van der Waals surface area contributed by atoms with Crippen molar-refractivity contribution in [1.29, 1.82) is 10.5 Å². The van der Waals surface area contributed by atoms with Gasteiger partial charge < -0.3 is 0 Å². The number of nitrogens with zero attached hydrogens (tertiary/aromatic N) is 4. The molecule has 0 aliphatic carbocycles. The summed E-state index contributed by atoms with van der Waals surface area (Å²) < 4.78 is 0. The van der Waals surface area contributed by atoms with Crippen molar-refractivity contribution in [3.05, 3.63) is 23.3 Å². The van der Waals surface area contributed by atoms with Gasteiger partial charge in [0.05, 0.1) is 11.1 Å². The molecule has 2 aromatic rings. The molecule has 5 nitrogen and oxygen atoms in total. The standard InChI is InChI=1S/C8H3N5/c9-3-5-1-7-8(12-13-11-7)2-6(5)4-10/h1-2H,(H,11,12,13). The van der Waals surface area contributed by atoms with Crippen molar-refractivity contribution in [2.45, 2.75) is 0 Å². The minimum atomic E-state index is 0.323. The minimum absolute atomic E-state index is 0.323. The first-order valence-electron chi connectivity index (χ1n) is 3.50. The summed E-state index contributed by atoms with van der Waals surface area (Å²) in [6.07, 6.45) is 0. The first kappa shape index (κ1) is 7.26. The number of hydrogen-bond acceptors (Lipinski definition) is 4. The highest BCUT2D eigenvalue weighted by molar-refractivity contribution is 5.78. The van der Waals surface area contributed by atoms with Gasteiger partial charge in [-0.1, -0.05) is 0 Å². The van der Waals surface area contributed by atoms with E-state index < -0.39 is 0 Å². The summed E-state index contributed by atoms with van der Waals surface area (Å²) >= 11 is 0. The number of nitrogens with one attached hydrogen (secondary N) is 1. The third-order valence-corrected chi connectivity index (χ3v) is 1.70. The Labute approximate surface area is 73.2 Å². The molecule has 0 atom stereocenters. The number of hydrogen-bond donors (Lipinski definition) is 1. The van der Waals surface area contributed by atoms with Gasteiger partial charge in [0.25, 0.3) is 0 Å². The van der Waals surface area contributed by atoms with E-state index in [-0.39, 0.29) is 0 Å². The Hall–Kier alpha value is -2.40. The van der Waals surface area contributed by atoms with Gasteiger partial charge in [-0.05, 0) is 12.1 Å². The van der Waals surface area contributed by atoms with Gasteiger partial charge >= 0.3 is 0 Å². The van der Waals surface area contributed by atoms with E-state index in [4.69, 9.17) is 10.5 Å². The van der Waals surface area contributed by atoms with Crippen LogP contribution in [0.3, 0.4) is 0 Å². The summed E-state index contributed by atoms with van der Waals surface area (Å²) in [5.41, 5.74) is 1.83. The van der Waals surface area contributed by atoms with Crippen molar-refractivity contribution < 1.29 is 0 Å². The zero-order valence-corrected chi connectivity index (χ0v) is 6.44. The molecule has 60 valence electrons. The second-order valence-electron chi connectivity index (χ2n) is 2.43. The molecule has 2 rings (SSSR count). The third kappa shape index (κ3) is 0.996. The molecule has 0 aliphatic rings. The maximum atomic E-state index is 8.69. The number of aromatic amines is 1. The number of H-pyrrole nitrogens is 1. The lowest BCUT2D eigenvalue weighted by Gasteiger charge is -1.91. The van der Waals surface area contributed by atoms with E-state index in [0.29, 0.717) is 22.2 Å². The SMILES string of the molecule is N#Cc1cc2n[nH]nc2cc1C#N. The minimum Gasteiger partial charge on any atom is -0.197 e. The molecule has 0 amide bonds. The van der Waals surface area contributed by atoms with Gasteiger partial charge in [-0.15, -0.1) is 0 Å². The van der Waals surface area contributed by atoms with Gasteiger partial charge in [-0.25, -0.2) is 0 Å². The summed E-state index contributed by atoms with van der Waals surface area (Å²) in [7, 11) is 0. The number of fused-ring (bicyclic) bond motifs is 1.